The normalized spacial score (nSPS) is 13.8. The van der Waals surface area contributed by atoms with E-state index in [1.165, 1.54) is 105 Å². The highest BCUT2D eigenvalue weighted by Gasteiger charge is 2.37. The van der Waals surface area contributed by atoms with E-state index in [4.69, 9.17) is 0 Å². The highest BCUT2D eigenvalue weighted by molar-refractivity contribution is 6.19. The maximum Gasteiger partial charge on any atom is 0.0622 e. The first-order valence-electron chi connectivity index (χ1n) is 16.9. The first-order chi connectivity index (χ1) is 23.6. The number of benzene rings is 8. The van der Waals surface area contributed by atoms with E-state index in [1.807, 2.05) is 0 Å². The van der Waals surface area contributed by atoms with Crippen LogP contribution in [0.25, 0.3) is 93.5 Å². The van der Waals surface area contributed by atoms with Crippen molar-refractivity contribution in [1.29, 1.82) is 0 Å². The van der Waals surface area contributed by atoms with Crippen LogP contribution in [0.2, 0.25) is 0 Å². The number of para-hydroxylation sites is 1. The van der Waals surface area contributed by atoms with Gasteiger partial charge in [-0.3, -0.25) is 0 Å². The molecule has 2 aliphatic carbocycles. The van der Waals surface area contributed by atoms with Crippen LogP contribution in [0.1, 0.15) is 25.0 Å². The van der Waals surface area contributed by atoms with Gasteiger partial charge in [-0.2, -0.15) is 0 Å². The summed E-state index contributed by atoms with van der Waals surface area (Å²) < 4.78 is 2.51. The number of rotatable bonds is 2. The van der Waals surface area contributed by atoms with E-state index < -0.39 is 0 Å². The molecule has 0 saturated carbocycles. The minimum Gasteiger partial charge on any atom is -0.309 e. The summed E-state index contributed by atoms with van der Waals surface area (Å²) in [5, 5.41) is 7.78. The topological polar surface area (TPSA) is 4.93 Å². The van der Waals surface area contributed by atoms with Crippen LogP contribution in [0.15, 0.2) is 152 Å². The number of aromatic nitrogens is 1. The van der Waals surface area contributed by atoms with Crippen LogP contribution in [0.3, 0.4) is 0 Å². The smallest absolute Gasteiger partial charge is 0.0622 e. The molecule has 0 N–H and O–H groups in total. The van der Waals surface area contributed by atoms with Gasteiger partial charge in [0.05, 0.1) is 11.0 Å². The van der Waals surface area contributed by atoms with Crippen LogP contribution in [0, 0.1) is 0 Å². The fourth-order valence-electron chi connectivity index (χ4n) is 9.11. The van der Waals surface area contributed by atoms with Crippen LogP contribution in [-0.4, -0.2) is 4.57 Å². The van der Waals surface area contributed by atoms with Gasteiger partial charge in [0.2, 0.25) is 0 Å². The summed E-state index contributed by atoms with van der Waals surface area (Å²) in [6, 6.07) is 56.8. The van der Waals surface area contributed by atoms with E-state index in [0.29, 0.717) is 0 Å². The number of hydrogen-bond acceptors (Lipinski definition) is 0. The predicted octanol–water partition coefficient (Wildman–Crippen LogP) is 12.7. The van der Waals surface area contributed by atoms with Crippen molar-refractivity contribution in [1.82, 2.24) is 4.57 Å². The molecule has 0 saturated heterocycles. The largest absolute Gasteiger partial charge is 0.309 e. The monoisotopic (exact) mass is 609 g/mol. The molecule has 0 bridgehead atoms. The molecule has 0 amide bonds. The van der Waals surface area contributed by atoms with Crippen LogP contribution < -0.4 is 0 Å². The molecule has 0 unspecified atom stereocenters. The molecule has 0 atom stereocenters. The van der Waals surface area contributed by atoms with Crippen molar-refractivity contribution in [3.63, 3.8) is 0 Å². The van der Waals surface area contributed by atoms with Crippen LogP contribution in [0.5, 0.6) is 0 Å². The van der Waals surface area contributed by atoms with Gasteiger partial charge in [-0.1, -0.05) is 141 Å². The molecule has 1 heteroatoms. The number of hydrogen-bond donors (Lipinski definition) is 0. The molecule has 0 aliphatic heterocycles. The third-order valence-corrected chi connectivity index (χ3v) is 11.3. The zero-order valence-corrected chi connectivity index (χ0v) is 26.9. The van der Waals surface area contributed by atoms with Crippen LogP contribution >= 0.6 is 0 Å². The molecule has 0 fully saturated rings. The van der Waals surface area contributed by atoms with Crippen molar-refractivity contribution in [3.05, 3.63) is 163 Å². The van der Waals surface area contributed by atoms with Crippen molar-refractivity contribution in [2.45, 2.75) is 19.3 Å². The summed E-state index contributed by atoms with van der Waals surface area (Å²) in [6.07, 6.45) is 0. The summed E-state index contributed by atoms with van der Waals surface area (Å²) in [5.74, 6) is 0. The Bertz CT molecular complexity index is 2830. The van der Waals surface area contributed by atoms with Gasteiger partial charge in [0.1, 0.15) is 0 Å². The maximum absolute atomic E-state index is 2.51. The first-order valence-corrected chi connectivity index (χ1v) is 16.9. The second-order valence-corrected chi connectivity index (χ2v) is 14.1. The van der Waals surface area contributed by atoms with Crippen LogP contribution in [0.4, 0.5) is 0 Å². The average Bonchev–Trinajstić information content (AvgIpc) is 3.73. The first kappa shape index (κ1) is 26.2. The summed E-state index contributed by atoms with van der Waals surface area (Å²) in [6.45, 7) is 4.73. The van der Waals surface area contributed by atoms with E-state index in [-0.39, 0.29) is 5.41 Å². The molecular formula is C47H31N. The predicted molar refractivity (Wildman–Crippen MR) is 203 cm³/mol. The Hall–Kier alpha value is -5.92. The maximum atomic E-state index is 2.51. The Morgan fingerprint density at radius 3 is 1.98 bits per heavy atom. The average molecular weight is 610 g/mol. The lowest BCUT2D eigenvalue weighted by atomic mass is 9.82. The lowest BCUT2D eigenvalue weighted by Crippen LogP contribution is -2.14. The number of nitrogens with zero attached hydrogens (tertiary/aromatic N) is 1. The third kappa shape index (κ3) is 3.26. The van der Waals surface area contributed by atoms with Crippen molar-refractivity contribution in [2.75, 3.05) is 0 Å². The molecule has 1 aromatic heterocycles. The molecule has 48 heavy (non-hydrogen) atoms. The molecule has 1 nitrogen and oxygen atoms in total. The van der Waals surface area contributed by atoms with Gasteiger partial charge >= 0.3 is 0 Å². The minimum atomic E-state index is -0.0490. The fourth-order valence-corrected chi connectivity index (χ4v) is 9.11. The van der Waals surface area contributed by atoms with Gasteiger partial charge in [-0.05, 0) is 95.9 Å². The molecule has 11 rings (SSSR count). The van der Waals surface area contributed by atoms with Gasteiger partial charge in [-0.15, -0.1) is 0 Å². The Labute approximate surface area is 279 Å². The molecule has 9 aromatic rings. The Morgan fingerprint density at radius 2 is 1.10 bits per heavy atom. The number of fused-ring (bicyclic) bond motifs is 11. The van der Waals surface area contributed by atoms with Crippen molar-refractivity contribution < 1.29 is 0 Å². The van der Waals surface area contributed by atoms with E-state index in [1.54, 1.807) is 0 Å². The van der Waals surface area contributed by atoms with Gasteiger partial charge in [0.25, 0.3) is 0 Å². The summed E-state index contributed by atoms with van der Waals surface area (Å²) in [5.41, 5.74) is 17.1. The lowest BCUT2D eigenvalue weighted by Gasteiger charge is -2.21. The van der Waals surface area contributed by atoms with Gasteiger partial charge in [-0.25, -0.2) is 0 Å². The molecule has 224 valence electrons. The van der Waals surface area contributed by atoms with E-state index >= 15 is 0 Å². The minimum absolute atomic E-state index is 0.0490. The summed E-state index contributed by atoms with van der Waals surface area (Å²) >= 11 is 0. The summed E-state index contributed by atoms with van der Waals surface area (Å²) in [7, 11) is 0. The Kier molecular flexibility index (Phi) is 4.97. The van der Waals surface area contributed by atoms with Gasteiger partial charge in [0, 0.05) is 27.4 Å². The third-order valence-electron chi connectivity index (χ3n) is 11.3. The second-order valence-electron chi connectivity index (χ2n) is 14.1. The van der Waals surface area contributed by atoms with Gasteiger partial charge in [0.15, 0.2) is 0 Å². The SMILES string of the molecule is CC1(C)c2ccccc2-c2c1ccc1c3ccccc3n(-c3ccc4cc(-c5ccc6c7c(cccc57)-c5ccccc5-6)ccc4c3)c21. The van der Waals surface area contributed by atoms with Gasteiger partial charge < -0.3 is 4.57 Å². The zero-order chi connectivity index (χ0) is 31.7. The Balaban J connectivity index is 1.11. The Morgan fingerprint density at radius 1 is 0.438 bits per heavy atom. The quantitative estimate of drug-likeness (QED) is 0.184. The fraction of sp³-hybridized carbons (Fsp3) is 0.0638. The van der Waals surface area contributed by atoms with Crippen molar-refractivity contribution >= 4 is 43.4 Å². The molecule has 2 aliphatic rings. The van der Waals surface area contributed by atoms with Crippen LogP contribution in [-0.2, 0) is 5.41 Å². The second kappa shape index (κ2) is 9.12. The zero-order valence-electron chi connectivity index (χ0n) is 26.9. The van der Waals surface area contributed by atoms with E-state index in [2.05, 4.69) is 170 Å². The van der Waals surface area contributed by atoms with Crippen molar-refractivity contribution in [3.8, 4) is 50.2 Å². The highest BCUT2D eigenvalue weighted by atomic mass is 15.0. The van der Waals surface area contributed by atoms with E-state index in [0.717, 1.165) is 0 Å². The van der Waals surface area contributed by atoms with Crippen molar-refractivity contribution in [2.24, 2.45) is 0 Å². The molecule has 0 radical (unpaired) electrons. The molecule has 1 heterocycles. The highest BCUT2D eigenvalue weighted by Crippen LogP contribution is 2.53. The molecular weight excluding hydrogens is 579 g/mol. The van der Waals surface area contributed by atoms with E-state index in [9.17, 15) is 0 Å². The standard InChI is InChI=1S/C47H31N/c1-47(2)41-16-7-5-13-40(41)45-42(47)25-24-39-35-12-6-8-17-43(35)48(46(39)45)31-21-20-28-26-30(19-18-29(28)27-31)32-22-23-38-34-11-4-3-10-33(34)37-15-9-14-36(32)44(37)38/h3-27H,1-2H3. The summed E-state index contributed by atoms with van der Waals surface area (Å²) in [4.78, 5) is 0. The molecule has 8 aromatic carbocycles. The lowest BCUT2D eigenvalue weighted by molar-refractivity contribution is 0.661. The molecule has 0 spiro atoms.